The first-order valence-corrected chi connectivity index (χ1v) is 3.76. The van der Waals surface area contributed by atoms with E-state index in [1.165, 1.54) is 0 Å². The Morgan fingerprint density at radius 2 is 2.45 bits per heavy atom. The fourth-order valence-electron chi connectivity index (χ4n) is 1.59. The number of hydrogen-bond donors (Lipinski definition) is 1. The Labute approximate surface area is 64.1 Å². The zero-order valence-corrected chi connectivity index (χ0v) is 6.08. The van der Waals surface area contributed by atoms with E-state index >= 15 is 0 Å². The van der Waals surface area contributed by atoms with Gasteiger partial charge in [0.25, 0.3) is 0 Å². The molecule has 0 aromatic rings. The molecule has 11 heavy (non-hydrogen) atoms. The van der Waals surface area contributed by atoms with E-state index in [2.05, 4.69) is 0 Å². The third kappa shape index (κ3) is 0.937. The second-order valence-electron chi connectivity index (χ2n) is 3.05. The minimum atomic E-state index is -1.01. The van der Waals surface area contributed by atoms with Gasteiger partial charge in [0, 0.05) is 0 Å². The van der Waals surface area contributed by atoms with E-state index in [4.69, 9.17) is 14.6 Å². The lowest BCUT2D eigenvalue weighted by atomic mass is 9.96. The predicted molar refractivity (Wildman–Crippen MR) is 35.0 cm³/mol. The van der Waals surface area contributed by atoms with Gasteiger partial charge in [-0.15, -0.1) is 0 Å². The molecule has 0 spiro atoms. The van der Waals surface area contributed by atoms with E-state index in [-0.39, 0.29) is 12.9 Å². The van der Waals surface area contributed by atoms with Crippen LogP contribution in [0.2, 0.25) is 0 Å². The highest BCUT2D eigenvalue weighted by Gasteiger charge is 2.50. The summed E-state index contributed by atoms with van der Waals surface area (Å²) < 4.78 is 10.4. The number of hydrogen-bond acceptors (Lipinski definition) is 3. The van der Waals surface area contributed by atoms with Gasteiger partial charge in [-0.25, -0.2) is 4.79 Å². The molecule has 2 atom stereocenters. The largest absolute Gasteiger partial charge is 0.479 e. The normalized spacial score (nSPS) is 42.4. The Hall–Kier alpha value is -0.610. The highest BCUT2D eigenvalue weighted by atomic mass is 16.7. The molecule has 2 bridgehead atoms. The van der Waals surface area contributed by atoms with E-state index in [0.717, 1.165) is 12.8 Å². The van der Waals surface area contributed by atoms with Gasteiger partial charge in [0.15, 0.2) is 11.9 Å². The Morgan fingerprint density at radius 3 is 3.09 bits per heavy atom. The second kappa shape index (κ2) is 2.19. The first kappa shape index (κ1) is 7.06. The van der Waals surface area contributed by atoms with Crippen LogP contribution in [0.4, 0.5) is 0 Å². The summed E-state index contributed by atoms with van der Waals surface area (Å²) >= 11 is 0. The monoisotopic (exact) mass is 158 g/mol. The lowest BCUT2D eigenvalue weighted by Gasteiger charge is -2.26. The van der Waals surface area contributed by atoms with Gasteiger partial charge >= 0.3 is 5.97 Å². The van der Waals surface area contributed by atoms with Crippen LogP contribution >= 0.6 is 0 Å². The minimum Gasteiger partial charge on any atom is -0.479 e. The highest BCUT2D eigenvalue weighted by molar-refractivity contribution is 5.78. The third-order valence-corrected chi connectivity index (χ3v) is 2.27. The Kier molecular flexibility index (Phi) is 1.40. The first-order chi connectivity index (χ1) is 5.23. The van der Waals surface area contributed by atoms with Crippen molar-refractivity contribution in [2.24, 2.45) is 0 Å². The number of carboxylic acids is 1. The van der Waals surface area contributed by atoms with Crippen LogP contribution in [-0.2, 0) is 14.3 Å². The first-order valence-electron chi connectivity index (χ1n) is 3.76. The molecule has 4 nitrogen and oxygen atoms in total. The molecule has 0 aliphatic carbocycles. The van der Waals surface area contributed by atoms with Crippen LogP contribution in [0.3, 0.4) is 0 Å². The van der Waals surface area contributed by atoms with Gasteiger partial charge in [-0.1, -0.05) is 0 Å². The minimum absolute atomic E-state index is 0.215. The number of rotatable bonds is 1. The zero-order chi connectivity index (χ0) is 7.90. The van der Waals surface area contributed by atoms with Crippen LogP contribution in [0.5, 0.6) is 0 Å². The average molecular weight is 158 g/mol. The van der Waals surface area contributed by atoms with Gasteiger partial charge in [0.2, 0.25) is 0 Å². The van der Waals surface area contributed by atoms with Crippen molar-refractivity contribution < 1.29 is 19.4 Å². The maximum Gasteiger partial charge on any atom is 0.338 e. The number of ether oxygens (including phenoxy) is 2. The summed E-state index contributed by atoms with van der Waals surface area (Å²) in [6, 6.07) is 0. The molecule has 2 aliphatic rings. The summed E-state index contributed by atoms with van der Waals surface area (Å²) in [4.78, 5) is 10.7. The Morgan fingerprint density at radius 1 is 1.64 bits per heavy atom. The van der Waals surface area contributed by atoms with Crippen LogP contribution < -0.4 is 0 Å². The molecule has 2 heterocycles. The second-order valence-corrected chi connectivity index (χ2v) is 3.05. The Bertz CT molecular complexity index is 187. The van der Waals surface area contributed by atoms with Crippen LogP contribution in [-0.4, -0.2) is 29.6 Å². The fourth-order valence-corrected chi connectivity index (χ4v) is 1.59. The van der Waals surface area contributed by atoms with E-state index in [1.54, 1.807) is 0 Å². The summed E-state index contributed by atoms with van der Waals surface area (Å²) in [6.07, 6.45) is 2.03. The summed E-state index contributed by atoms with van der Waals surface area (Å²) in [7, 11) is 0. The lowest BCUT2D eigenvalue weighted by Crippen LogP contribution is -2.43. The molecule has 4 heteroatoms. The van der Waals surface area contributed by atoms with Crippen molar-refractivity contribution in [2.75, 3.05) is 6.61 Å². The van der Waals surface area contributed by atoms with Gasteiger partial charge in [-0.2, -0.15) is 0 Å². The SMILES string of the molecule is O=C(O)C12CCCC(OC1)O2. The summed E-state index contributed by atoms with van der Waals surface area (Å²) in [6.45, 7) is 0.215. The van der Waals surface area contributed by atoms with Gasteiger partial charge < -0.3 is 14.6 Å². The number of aliphatic carboxylic acids is 1. The molecule has 2 rings (SSSR count). The van der Waals surface area contributed by atoms with Crippen molar-refractivity contribution in [1.29, 1.82) is 0 Å². The summed E-state index contributed by atoms with van der Waals surface area (Å²) in [5, 5.41) is 8.81. The third-order valence-electron chi connectivity index (χ3n) is 2.27. The molecule has 2 saturated heterocycles. The van der Waals surface area contributed by atoms with Gasteiger partial charge in [0.05, 0.1) is 6.61 Å². The molecule has 2 unspecified atom stereocenters. The molecule has 2 aliphatic heterocycles. The lowest BCUT2D eigenvalue weighted by molar-refractivity contribution is -0.173. The molecule has 62 valence electrons. The van der Waals surface area contributed by atoms with Crippen molar-refractivity contribution in [3.05, 3.63) is 0 Å². The van der Waals surface area contributed by atoms with Crippen LogP contribution in [0.15, 0.2) is 0 Å². The fraction of sp³-hybridized carbons (Fsp3) is 0.857. The van der Waals surface area contributed by atoms with E-state index in [1.807, 2.05) is 0 Å². The maximum absolute atomic E-state index is 10.7. The number of carboxylic acid groups (broad SMARTS) is 1. The quantitative estimate of drug-likeness (QED) is 0.598. The predicted octanol–water partition coefficient (Wildman–Crippen LogP) is 0.367. The van der Waals surface area contributed by atoms with Crippen molar-refractivity contribution in [3.8, 4) is 0 Å². The molecule has 0 amide bonds. The van der Waals surface area contributed by atoms with Crippen LogP contribution in [0.1, 0.15) is 19.3 Å². The van der Waals surface area contributed by atoms with Crippen molar-refractivity contribution in [2.45, 2.75) is 31.2 Å². The molecule has 0 saturated carbocycles. The number of fused-ring (bicyclic) bond motifs is 2. The molecule has 2 fully saturated rings. The number of carbonyl (C=O) groups is 1. The molecule has 0 aromatic heterocycles. The smallest absolute Gasteiger partial charge is 0.338 e. The topological polar surface area (TPSA) is 55.8 Å². The van der Waals surface area contributed by atoms with Crippen LogP contribution in [0, 0.1) is 0 Å². The van der Waals surface area contributed by atoms with E-state index in [0.29, 0.717) is 6.42 Å². The standard InChI is InChI=1S/C7H10O4/c8-6(9)7-3-1-2-5(11-7)10-4-7/h5H,1-4H2,(H,8,9). The van der Waals surface area contributed by atoms with Gasteiger partial charge in [0.1, 0.15) is 0 Å². The highest BCUT2D eigenvalue weighted by Crippen LogP contribution is 2.35. The average Bonchev–Trinajstić information content (AvgIpc) is 2.29. The van der Waals surface area contributed by atoms with Crippen molar-refractivity contribution >= 4 is 5.97 Å². The molecule has 0 aromatic carbocycles. The van der Waals surface area contributed by atoms with Gasteiger partial charge in [-0.05, 0) is 19.3 Å². The summed E-state index contributed by atoms with van der Waals surface area (Å²) in [5.74, 6) is -0.889. The molecule has 0 radical (unpaired) electrons. The van der Waals surface area contributed by atoms with Gasteiger partial charge in [-0.3, -0.25) is 0 Å². The maximum atomic E-state index is 10.7. The van der Waals surface area contributed by atoms with Crippen molar-refractivity contribution in [3.63, 3.8) is 0 Å². The molecular formula is C7H10O4. The molecule has 1 N–H and O–H groups in total. The molecular weight excluding hydrogens is 148 g/mol. The van der Waals surface area contributed by atoms with Crippen LogP contribution in [0.25, 0.3) is 0 Å². The van der Waals surface area contributed by atoms with E-state index in [9.17, 15) is 4.79 Å². The zero-order valence-electron chi connectivity index (χ0n) is 6.08. The Balaban J connectivity index is 2.19. The van der Waals surface area contributed by atoms with E-state index < -0.39 is 11.6 Å². The summed E-state index contributed by atoms with van der Waals surface area (Å²) in [5.41, 5.74) is -1.01. The van der Waals surface area contributed by atoms with Crippen molar-refractivity contribution in [1.82, 2.24) is 0 Å².